The highest BCUT2D eigenvalue weighted by atomic mass is 35.5. The fourth-order valence-corrected chi connectivity index (χ4v) is 2.09. The van der Waals surface area contributed by atoms with Gasteiger partial charge in [0.15, 0.2) is 0 Å². The Labute approximate surface area is 128 Å². The van der Waals surface area contributed by atoms with Crippen LogP contribution in [0.2, 0.25) is 25.1 Å². The molecule has 0 aromatic heterocycles. The Kier molecular flexibility index (Phi) is 8.30. The predicted molar refractivity (Wildman–Crippen MR) is 74.6 cm³/mol. The molecular formula is C9H8Cl5NO3. The Bertz CT molecular complexity index is 421. The molecule has 18 heavy (non-hydrogen) atoms. The van der Waals surface area contributed by atoms with Crippen LogP contribution in [0.25, 0.3) is 0 Å². The van der Waals surface area contributed by atoms with Crippen LogP contribution in [0.15, 0.2) is 0 Å². The van der Waals surface area contributed by atoms with Crippen molar-refractivity contribution in [2.75, 3.05) is 13.2 Å². The summed E-state index contributed by atoms with van der Waals surface area (Å²) in [5.74, 6) is -1.32. The molecule has 0 aliphatic heterocycles. The second-order valence-corrected chi connectivity index (χ2v) is 4.65. The lowest BCUT2D eigenvalue weighted by Gasteiger charge is -2.08. The van der Waals surface area contributed by atoms with Crippen LogP contribution in [0.4, 0.5) is 0 Å². The number of rotatable bonds is 2. The Balaban J connectivity index is 0.000000631. The molecule has 0 aliphatic rings. The lowest BCUT2D eigenvalue weighted by atomic mass is 10.2. The van der Waals surface area contributed by atoms with Crippen LogP contribution in [-0.4, -0.2) is 29.3 Å². The number of aliphatic hydroxyl groups excluding tert-OH is 1. The molecule has 0 unspecified atom stereocenters. The molecule has 0 aliphatic carbocycles. The summed E-state index contributed by atoms with van der Waals surface area (Å²) in [5.41, 5.74) is 4.42. The van der Waals surface area contributed by atoms with Gasteiger partial charge in [-0.05, 0) is 0 Å². The number of carboxylic acid groups (broad SMARTS) is 1. The second kappa shape index (κ2) is 8.27. The Morgan fingerprint density at radius 2 is 1.22 bits per heavy atom. The fraction of sp³-hybridized carbons (Fsp3) is 0.222. The molecule has 4 nitrogen and oxygen atoms in total. The van der Waals surface area contributed by atoms with E-state index in [1.807, 2.05) is 0 Å². The van der Waals surface area contributed by atoms with Crippen molar-refractivity contribution < 1.29 is 15.0 Å². The highest BCUT2D eigenvalue weighted by Gasteiger charge is 2.23. The second-order valence-electron chi connectivity index (χ2n) is 2.76. The maximum absolute atomic E-state index is 10.7. The minimum Gasteiger partial charge on any atom is -0.478 e. The van der Waals surface area contributed by atoms with Crippen LogP contribution in [0.1, 0.15) is 10.4 Å². The molecule has 0 saturated heterocycles. The zero-order valence-corrected chi connectivity index (χ0v) is 12.5. The number of hydrogen-bond donors (Lipinski definition) is 3. The maximum Gasteiger partial charge on any atom is 0.338 e. The molecule has 1 rings (SSSR count). The molecule has 0 radical (unpaired) electrons. The van der Waals surface area contributed by atoms with Gasteiger partial charge >= 0.3 is 5.97 Å². The van der Waals surface area contributed by atoms with Crippen LogP contribution < -0.4 is 5.73 Å². The summed E-state index contributed by atoms with van der Waals surface area (Å²) in [7, 11) is 0. The van der Waals surface area contributed by atoms with Crippen LogP contribution in [0, 0.1) is 0 Å². The Morgan fingerprint density at radius 3 is 1.44 bits per heavy atom. The van der Waals surface area contributed by atoms with E-state index in [2.05, 4.69) is 0 Å². The van der Waals surface area contributed by atoms with Gasteiger partial charge in [0.1, 0.15) is 0 Å². The van der Waals surface area contributed by atoms with Gasteiger partial charge in [0.25, 0.3) is 0 Å². The molecule has 1 aromatic carbocycles. The van der Waals surface area contributed by atoms with Crippen molar-refractivity contribution in [3.63, 3.8) is 0 Å². The first-order valence-corrected chi connectivity index (χ1v) is 6.24. The summed E-state index contributed by atoms with van der Waals surface area (Å²) < 4.78 is 0. The average molecular weight is 355 g/mol. The van der Waals surface area contributed by atoms with Gasteiger partial charge in [-0.15, -0.1) is 0 Å². The summed E-state index contributed by atoms with van der Waals surface area (Å²) in [5, 5.41) is 15.7. The van der Waals surface area contributed by atoms with E-state index < -0.39 is 5.97 Å². The van der Waals surface area contributed by atoms with Crippen molar-refractivity contribution in [3.8, 4) is 0 Å². The van der Waals surface area contributed by atoms with Gasteiger partial charge in [-0.2, -0.15) is 0 Å². The maximum atomic E-state index is 10.7. The van der Waals surface area contributed by atoms with Gasteiger partial charge in [0.05, 0.1) is 37.3 Å². The molecule has 102 valence electrons. The number of carbonyl (C=O) groups is 1. The normalized spacial score (nSPS) is 9.72. The van der Waals surface area contributed by atoms with Crippen molar-refractivity contribution >= 4 is 64.0 Å². The number of benzene rings is 1. The van der Waals surface area contributed by atoms with Gasteiger partial charge in [0.2, 0.25) is 0 Å². The molecule has 0 heterocycles. The molecule has 0 fully saturated rings. The number of halogens is 5. The quantitative estimate of drug-likeness (QED) is 0.559. The van der Waals surface area contributed by atoms with E-state index in [-0.39, 0.29) is 37.3 Å². The molecule has 0 saturated carbocycles. The zero-order valence-electron chi connectivity index (χ0n) is 8.68. The van der Waals surface area contributed by atoms with Crippen molar-refractivity contribution in [1.82, 2.24) is 0 Å². The van der Waals surface area contributed by atoms with Crippen LogP contribution in [0.3, 0.4) is 0 Å². The third kappa shape index (κ3) is 4.31. The lowest BCUT2D eigenvalue weighted by molar-refractivity contribution is 0.0697. The first kappa shape index (κ1) is 18.1. The van der Waals surface area contributed by atoms with Crippen molar-refractivity contribution in [3.05, 3.63) is 30.7 Å². The molecule has 0 atom stereocenters. The predicted octanol–water partition coefficient (Wildman–Crippen LogP) is 3.59. The molecule has 0 bridgehead atoms. The summed E-state index contributed by atoms with van der Waals surface area (Å²) in [6, 6.07) is 0. The zero-order chi connectivity index (χ0) is 14.5. The van der Waals surface area contributed by atoms with Gasteiger partial charge in [-0.25, -0.2) is 4.79 Å². The van der Waals surface area contributed by atoms with Crippen LogP contribution in [-0.2, 0) is 0 Å². The summed E-state index contributed by atoms with van der Waals surface area (Å²) in [4.78, 5) is 10.7. The lowest BCUT2D eigenvalue weighted by Crippen LogP contribution is -2.02. The topological polar surface area (TPSA) is 83.5 Å². The minimum absolute atomic E-state index is 0.0617. The standard InChI is InChI=1S/C7HCl5O2.C2H7NO/c8-2-1(7(13)14)3(9)5(11)6(12)4(2)10;3-1-2-4/h(H,13,14);4H,1-3H2. The highest BCUT2D eigenvalue weighted by Crippen LogP contribution is 2.43. The molecule has 9 heteroatoms. The third-order valence-corrected chi connectivity index (χ3v) is 3.83. The van der Waals surface area contributed by atoms with Crippen molar-refractivity contribution in [2.24, 2.45) is 5.73 Å². The van der Waals surface area contributed by atoms with E-state index in [1.165, 1.54) is 0 Å². The Hall–Kier alpha value is 0.0600. The van der Waals surface area contributed by atoms with Gasteiger partial charge in [-0.1, -0.05) is 58.0 Å². The molecule has 4 N–H and O–H groups in total. The van der Waals surface area contributed by atoms with Crippen molar-refractivity contribution in [2.45, 2.75) is 0 Å². The minimum atomic E-state index is -1.32. The summed E-state index contributed by atoms with van der Waals surface area (Å²) in [6.45, 7) is 0.472. The van der Waals surface area contributed by atoms with E-state index in [0.717, 1.165) is 0 Å². The highest BCUT2D eigenvalue weighted by molar-refractivity contribution is 6.56. The monoisotopic (exact) mass is 353 g/mol. The first-order valence-electron chi connectivity index (χ1n) is 4.35. The molecular weight excluding hydrogens is 347 g/mol. The van der Waals surface area contributed by atoms with E-state index in [1.54, 1.807) is 0 Å². The van der Waals surface area contributed by atoms with E-state index in [0.29, 0.717) is 6.54 Å². The number of carboxylic acids is 1. The fourth-order valence-electron chi connectivity index (χ4n) is 0.793. The smallest absolute Gasteiger partial charge is 0.338 e. The SMILES string of the molecule is NCCO.O=C(O)c1c(Cl)c(Cl)c(Cl)c(Cl)c1Cl. The molecule has 0 spiro atoms. The Morgan fingerprint density at radius 1 is 0.944 bits per heavy atom. The molecule has 1 aromatic rings. The van der Waals surface area contributed by atoms with E-state index >= 15 is 0 Å². The van der Waals surface area contributed by atoms with Gasteiger partial charge in [-0.3, -0.25) is 0 Å². The number of aliphatic hydroxyl groups is 1. The summed E-state index contributed by atoms with van der Waals surface area (Å²) in [6.07, 6.45) is 0. The van der Waals surface area contributed by atoms with Crippen LogP contribution in [0.5, 0.6) is 0 Å². The van der Waals surface area contributed by atoms with E-state index in [4.69, 9.17) is 74.0 Å². The third-order valence-electron chi connectivity index (χ3n) is 1.55. The van der Waals surface area contributed by atoms with Gasteiger partial charge < -0.3 is 15.9 Å². The first-order chi connectivity index (χ1) is 8.29. The number of hydrogen-bond acceptors (Lipinski definition) is 3. The summed E-state index contributed by atoms with van der Waals surface area (Å²) >= 11 is 28.2. The van der Waals surface area contributed by atoms with E-state index in [9.17, 15) is 4.79 Å². The van der Waals surface area contributed by atoms with Crippen molar-refractivity contribution in [1.29, 1.82) is 0 Å². The van der Waals surface area contributed by atoms with Gasteiger partial charge in [0, 0.05) is 6.54 Å². The average Bonchev–Trinajstić information content (AvgIpc) is 2.34. The number of aromatic carboxylic acids is 1. The van der Waals surface area contributed by atoms with Crippen LogP contribution >= 0.6 is 58.0 Å². The molecule has 0 amide bonds. The number of nitrogens with two attached hydrogens (primary N) is 1. The largest absolute Gasteiger partial charge is 0.478 e.